The number of piperidine rings is 1. The van der Waals surface area contributed by atoms with E-state index in [2.05, 4.69) is 17.1 Å². The van der Waals surface area contributed by atoms with Crippen molar-refractivity contribution in [3.8, 4) is 0 Å². The van der Waals surface area contributed by atoms with Gasteiger partial charge in [0, 0.05) is 12.6 Å². The molecule has 19 heavy (non-hydrogen) atoms. The summed E-state index contributed by atoms with van der Waals surface area (Å²) in [5, 5.41) is 3.01. The fourth-order valence-corrected chi connectivity index (χ4v) is 2.77. The smallest absolute Gasteiger partial charge is 0.234 e. The molecule has 3 nitrogen and oxygen atoms in total. The molecule has 3 heteroatoms. The minimum Gasteiger partial charge on any atom is -0.351 e. The van der Waals surface area contributed by atoms with E-state index >= 15 is 0 Å². The Bertz CT molecular complexity index is 391. The van der Waals surface area contributed by atoms with E-state index in [4.69, 9.17) is 0 Å². The zero-order valence-electron chi connectivity index (χ0n) is 11.8. The number of carbonyl (C=O) groups excluding carboxylic acids is 1. The SMILES string of the molecule is CCC1CCCCN1CC(=O)NCc1ccccc1. The van der Waals surface area contributed by atoms with Crippen molar-refractivity contribution in [2.24, 2.45) is 0 Å². The summed E-state index contributed by atoms with van der Waals surface area (Å²) in [6.45, 7) is 4.46. The number of likely N-dealkylation sites (tertiary alicyclic amines) is 1. The number of carbonyl (C=O) groups is 1. The zero-order chi connectivity index (χ0) is 13.5. The topological polar surface area (TPSA) is 32.3 Å². The van der Waals surface area contributed by atoms with Crippen molar-refractivity contribution >= 4 is 5.91 Å². The van der Waals surface area contributed by atoms with Crippen molar-refractivity contribution in [1.29, 1.82) is 0 Å². The van der Waals surface area contributed by atoms with E-state index in [-0.39, 0.29) is 5.91 Å². The molecule has 1 saturated heterocycles. The average molecular weight is 260 g/mol. The van der Waals surface area contributed by atoms with Gasteiger partial charge in [-0.15, -0.1) is 0 Å². The minimum absolute atomic E-state index is 0.143. The van der Waals surface area contributed by atoms with E-state index in [1.54, 1.807) is 0 Å². The largest absolute Gasteiger partial charge is 0.351 e. The van der Waals surface area contributed by atoms with Gasteiger partial charge in [-0.1, -0.05) is 43.7 Å². The molecule has 2 rings (SSSR count). The fourth-order valence-electron chi connectivity index (χ4n) is 2.77. The van der Waals surface area contributed by atoms with Crippen molar-refractivity contribution in [3.63, 3.8) is 0 Å². The van der Waals surface area contributed by atoms with Crippen molar-refractivity contribution in [1.82, 2.24) is 10.2 Å². The highest BCUT2D eigenvalue weighted by Crippen LogP contribution is 2.18. The quantitative estimate of drug-likeness (QED) is 0.882. The Morgan fingerprint density at radius 1 is 1.32 bits per heavy atom. The predicted molar refractivity (Wildman–Crippen MR) is 77.8 cm³/mol. The third-order valence-electron chi connectivity index (χ3n) is 3.90. The van der Waals surface area contributed by atoms with Crippen molar-refractivity contribution in [3.05, 3.63) is 35.9 Å². The van der Waals surface area contributed by atoms with Crippen LogP contribution in [0, 0.1) is 0 Å². The van der Waals surface area contributed by atoms with Crippen LogP contribution in [0.25, 0.3) is 0 Å². The molecule has 1 aliphatic rings. The van der Waals surface area contributed by atoms with Crippen molar-refractivity contribution in [2.75, 3.05) is 13.1 Å². The van der Waals surface area contributed by atoms with Gasteiger partial charge in [0.15, 0.2) is 0 Å². The molecule has 1 heterocycles. The molecule has 1 aromatic carbocycles. The second-order valence-corrected chi connectivity index (χ2v) is 5.29. The lowest BCUT2D eigenvalue weighted by Crippen LogP contribution is -2.45. The monoisotopic (exact) mass is 260 g/mol. The van der Waals surface area contributed by atoms with Crippen LogP contribution >= 0.6 is 0 Å². The number of rotatable bonds is 5. The Kier molecular flexibility index (Phi) is 5.40. The molecule has 1 N–H and O–H groups in total. The van der Waals surface area contributed by atoms with Crippen LogP contribution in [0.4, 0.5) is 0 Å². The molecule has 104 valence electrons. The normalized spacial score (nSPS) is 20.2. The van der Waals surface area contributed by atoms with Crippen LogP contribution < -0.4 is 5.32 Å². The Hall–Kier alpha value is -1.35. The maximum atomic E-state index is 12.0. The predicted octanol–water partition coefficient (Wildman–Crippen LogP) is 2.57. The van der Waals surface area contributed by atoms with Gasteiger partial charge in [0.05, 0.1) is 6.54 Å². The summed E-state index contributed by atoms with van der Waals surface area (Å²) < 4.78 is 0. The first-order chi connectivity index (χ1) is 9.29. The number of benzene rings is 1. The van der Waals surface area contributed by atoms with Gasteiger partial charge in [0.25, 0.3) is 0 Å². The van der Waals surface area contributed by atoms with Gasteiger partial charge in [-0.25, -0.2) is 0 Å². The second-order valence-electron chi connectivity index (χ2n) is 5.29. The van der Waals surface area contributed by atoms with E-state index in [0.29, 0.717) is 19.1 Å². The van der Waals surface area contributed by atoms with Crippen molar-refractivity contribution in [2.45, 2.75) is 45.2 Å². The maximum absolute atomic E-state index is 12.0. The summed E-state index contributed by atoms with van der Waals surface area (Å²) in [4.78, 5) is 14.3. The molecule has 0 saturated carbocycles. The van der Waals surface area contributed by atoms with E-state index in [0.717, 1.165) is 18.5 Å². The number of nitrogens with one attached hydrogen (secondary N) is 1. The fraction of sp³-hybridized carbons (Fsp3) is 0.562. The Morgan fingerprint density at radius 2 is 2.11 bits per heavy atom. The van der Waals surface area contributed by atoms with Crippen LogP contribution in [-0.4, -0.2) is 29.9 Å². The molecular formula is C16H24N2O. The third-order valence-corrected chi connectivity index (χ3v) is 3.90. The summed E-state index contributed by atoms with van der Waals surface area (Å²) in [5.41, 5.74) is 1.15. The van der Waals surface area contributed by atoms with Crippen LogP contribution in [0.1, 0.15) is 38.2 Å². The zero-order valence-corrected chi connectivity index (χ0v) is 11.8. The highest BCUT2D eigenvalue weighted by molar-refractivity contribution is 5.78. The Labute approximate surface area is 116 Å². The summed E-state index contributed by atoms with van der Waals surface area (Å²) in [5.74, 6) is 0.143. The summed E-state index contributed by atoms with van der Waals surface area (Å²) in [6.07, 6.45) is 4.91. The van der Waals surface area contributed by atoms with Gasteiger partial charge >= 0.3 is 0 Å². The van der Waals surface area contributed by atoms with Gasteiger partial charge in [0.2, 0.25) is 5.91 Å². The Morgan fingerprint density at radius 3 is 2.84 bits per heavy atom. The van der Waals surface area contributed by atoms with Crippen LogP contribution in [0.3, 0.4) is 0 Å². The average Bonchev–Trinajstić information content (AvgIpc) is 2.47. The lowest BCUT2D eigenvalue weighted by Gasteiger charge is -2.34. The maximum Gasteiger partial charge on any atom is 0.234 e. The highest BCUT2D eigenvalue weighted by atomic mass is 16.2. The molecule has 1 fully saturated rings. The number of hydrogen-bond acceptors (Lipinski definition) is 2. The van der Waals surface area contributed by atoms with Crippen molar-refractivity contribution < 1.29 is 4.79 Å². The molecule has 1 unspecified atom stereocenters. The first-order valence-corrected chi connectivity index (χ1v) is 7.34. The van der Waals surface area contributed by atoms with Crippen LogP contribution in [-0.2, 0) is 11.3 Å². The molecule has 0 aromatic heterocycles. The van der Waals surface area contributed by atoms with Gasteiger partial charge in [-0.05, 0) is 31.4 Å². The molecule has 1 aliphatic heterocycles. The lowest BCUT2D eigenvalue weighted by molar-refractivity contribution is -0.123. The van der Waals surface area contributed by atoms with E-state index < -0.39 is 0 Å². The van der Waals surface area contributed by atoms with Gasteiger partial charge in [-0.2, -0.15) is 0 Å². The molecule has 1 aromatic rings. The second kappa shape index (κ2) is 7.29. The Balaban J connectivity index is 1.77. The number of hydrogen-bond donors (Lipinski definition) is 1. The summed E-state index contributed by atoms with van der Waals surface area (Å²) >= 11 is 0. The van der Waals surface area contributed by atoms with Gasteiger partial charge in [0.1, 0.15) is 0 Å². The standard InChI is InChI=1S/C16H24N2O/c1-2-15-10-6-7-11-18(15)13-16(19)17-12-14-8-4-3-5-9-14/h3-5,8-9,15H,2,6-7,10-13H2,1H3,(H,17,19). The molecule has 0 radical (unpaired) electrons. The molecule has 1 amide bonds. The highest BCUT2D eigenvalue weighted by Gasteiger charge is 2.22. The minimum atomic E-state index is 0.143. The number of nitrogens with zero attached hydrogens (tertiary/aromatic N) is 1. The van der Waals surface area contributed by atoms with E-state index in [1.807, 2.05) is 30.3 Å². The van der Waals surface area contributed by atoms with Crippen LogP contribution in [0.15, 0.2) is 30.3 Å². The molecule has 0 bridgehead atoms. The van der Waals surface area contributed by atoms with Gasteiger partial charge in [-0.3, -0.25) is 9.69 Å². The van der Waals surface area contributed by atoms with Crippen LogP contribution in [0.5, 0.6) is 0 Å². The van der Waals surface area contributed by atoms with E-state index in [1.165, 1.54) is 19.3 Å². The first-order valence-electron chi connectivity index (χ1n) is 7.34. The molecular weight excluding hydrogens is 236 g/mol. The third kappa shape index (κ3) is 4.35. The lowest BCUT2D eigenvalue weighted by atomic mass is 10.00. The van der Waals surface area contributed by atoms with Gasteiger partial charge < -0.3 is 5.32 Å². The molecule has 1 atom stereocenters. The summed E-state index contributed by atoms with van der Waals surface area (Å²) in [6, 6.07) is 10.7. The molecule has 0 spiro atoms. The first kappa shape index (κ1) is 14.1. The summed E-state index contributed by atoms with van der Waals surface area (Å²) in [7, 11) is 0. The molecule has 0 aliphatic carbocycles. The van der Waals surface area contributed by atoms with Crippen LogP contribution in [0.2, 0.25) is 0 Å². The van der Waals surface area contributed by atoms with E-state index in [9.17, 15) is 4.79 Å². The number of amides is 1.